The van der Waals surface area contributed by atoms with Gasteiger partial charge in [-0.1, -0.05) is 6.07 Å². The molecule has 2 N–H and O–H groups in total. The number of methoxy groups -OCH3 is 1. The molecule has 2 aliphatic rings. The van der Waals surface area contributed by atoms with Crippen molar-refractivity contribution in [2.24, 2.45) is 0 Å². The minimum atomic E-state index is -4.00. The molecular formula is C23H27N3O6S. The van der Waals surface area contributed by atoms with Gasteiger partial charge >= 0.3 is 0 Å². The molecule has 0 radical (unpaired) electrons. The van der Waals surface area contributed by atoms with Crippen molar-refractivity contribution in [3.05, 3.63) is 41.5 Å². The Labute approximate surface area is 193 Å². The zero-order chi connectivity index (χ0) is 23.9. The van der Waals surface area contributed by atoms with Crippen LogP contribution in [0.3, 0.4) is 0 Å². The number of amides is 2. The zero-order valence-corrected chi connectivity index (χ0v) is 19.8. The van der Waals surface area contributed by atoms with E-state index in [1.807, 2.05) is 13.0 Å². The van der Waals surface area contributed by atoms with E-state index in [1.165, 1.54) is 17.5 Å². The van der Waals surface area contributed by atoms with Crippen molar-refractivity contribution in [2.75, 3.05) is 24.3 Å². The number of nitrogens with one attached hydrogen (secondary N) is 2. The Bertz CT molecular complexity index is 1230. The van der Waals surface area contributed by atoms with E-state index in [0.717, 1.165) is 5.56 Å². The Kier molecular flexibility index (Phi) is 6.06. The van der Waals surface area contributed by atoms with Gasteiger partial charge in [-0.3, -0.25) is 9.59 Å². The third kappa shape index (κ3) is 4.28. The second kappa shape index (κ2) is 8.68. The number of hydrogen-bond acceptors (Lipinski definition) is 6. The van der Waals surface area contributed by atoms with Crippen LogP contribution in [0.4, 0.5) is 11.4 Å². The molecule has 2 amide bonds. The van der Waals surface area contributed by atoms with Crippen LogP contribution in [-0.2, 0) is 19.6 Å². The van der Waals surface area contributed by atoms with E-state index < -0.39 is 28.1 Å². The average Bonchev–Trinajstić information content (AvgIpc) is 3.26. The van der Waals surface area contributed by atoms with E-state index in [0.29, 0.717) is 35.5 Å². The molecule has 0 aromatic heterocycles. The van der Waals surface area contributed by atoms with Crippen molar-refractivity contribution in [3.63, 3.8) is 0 Å². The molecule has 176 valence electrons. The van der Waals surface area contributed by atoms with Gasteiger partial charge in [-0.25, -0.2) is 8.42 Å². The molecule has 2 aliphatic heterocycles. The molecule has 0 aliphatic carbocycles. The van der Waals surface area contributed by atoms with E-state index in [1.54, 1.807) is 32.0 Å². The molecule has 2 atom stereocenters. The van der Waals surface area contributed by atoms with Gasteiger partial charge in [0.25, 0.3) is 5.91 Å². The fourth-order valence-electron chi connectivity index (χ4n) is 4.17. The van der Waals surface area contributed by atoms with Crippen LogP contribution in [0.15, 0.2) is 35.2 Å². The number of sulfonamides is 1. The first kappa shape index (κ1) is 23.1. The number of aryl methyl sites for hydroxylation is 2. The van der Waals surface area contributed by atoms with Gasteiger partial charge in [0.2, 0.25) is 15.9 Å². The topological polar surface area (TPSA) is 114 Å². The third-order valence-electron chi connectivity index (χ3n) is 5.91. The lowest BCUT2D eigenvalue weighted by Gasteiger charge is -2.27. The summed E-state index contributed by atoms with van der Waals surface area (Å²) in [5.41, 5.74) is 2.32. The second-order valence-electron chi connectivity index (χ2n) is 8.33. The number of ether oxygens (including phenoxy) is 2. The summed E-state index contributed by atoms with van der Waals surface area (Å²) in [5.74, 6) is 0.0873. The SMILES string of the molecule is COc1ccc(C)cc1NC(=O)[C@H]1CCCN1S(=O)(=O)c1cc2c(cc1C)NC(=O)[C@H](C)O2. The van der Waals surface area contributed by atoms with Crippen LogP contribution >= 0.6 is 0 Å². The lowest BCUT2D eigenvalue weighted by molar-refractivity contribution is -0.122. The molecule has 0 spiro atoms. The highest BCUT2D eigenvalue weighted by atomic mass is 32.2. The highest BCUT2D eigenvalue weighted by molar-refractivity contribution is 7.89. The predicted molar refractivity (Wildman–Crippen MR) is 123 cm³/mol. The van der Waals surface area contributed by atoms with Gasteiger partial charge in [0.05, 0.1) is 23.4 Å². The van der Waals surface area contributed by atoms with Crippen LogP contribution in [0, 0.1) is 13.8 Å². The number of rotatable bonds is 5. The minimum absolute atomic E-state index is 0.0532. The smallest absolute Gasteiger partial charge is 0.265 e. The molecular weight excluding hydrogens is 446 g/mol. The lowest BCUT2D eigenvalue weighted by Crippen LogP contribution is -2.43. The number of fused-ring (bicyclic) bond motifs is 1. The van der Waals surface area contributed by atoms with Crippen LogP contribution in [0.1, 0.15) is 30.9 Å². The molecule has 33 heavy (non-hydrogen) atoms. The Morgan fingerprint density at radius 1 is 1.24 bits per heavy atom. The number of carbonyl (C=O) groups excluding carboxylic acids is 2. The van der Waals surface area contributed by atoms with Crippen LogP contribution in [0.25, 0.3) is 0 Å². The summed E-state index contributed by atoms with van der Waals surface area (Å²) >= 11 is 0. The Balaban J connectivity index is 1.63. The van der Waals surface area contributed by atoms with Gasteiger partial charge in [-0.05, 0) is 62.9 Å². The highest BCUT2D eigenvalue weighted by Gasteiger charge is 2.41. The lowest BCUT2D eigenvalue weighted by atomic mass is 10.1. The maximum Gasteiger partial charge on any atom is 0.265 e. The number of carbonyl (C=O) groups is 2. The van der Waals surface area contributed by atoms with Crippen LogP contribution in [0.5, 0.6) is 11.5 Å². The van der Waals surface area contributed by atoms with E-state index >= 15 is 0 Å². The van der Waals surface area contributed by atoms with E-state index in [2.05, 4.69) is 10.6 Å². The highest BCUT2D eigenvalue weighted by Crippen LogP contribution is 2.37. The van der Waals surface area contributed by atoms with Gasteiger partial charge in [0.15, 0.2) is 6.10 Å². The van der Waals surface area contributed by atoms with Gasteiger partial charge in [0.1, 0.15) is 17.5 Å². The Hall–Kier alpha value is -3.11. The molecule has 0 unspecified atom stereocenters. The van der Waals surface area contributed by atoms with Crippen LogP contribution in [0.2, 0.25) is 0 Å². The largest absolute Gasteiger partial charge is 0.495 e. The van der Waals surface area contributed by atoms with Crippen molar-refractivity contribution >= 4 is 33.2 Å². The van der Waals surface area contributed by atoms with Crippen molar-refractivity contribution < 1.29 is 27.5 Å². The summed E-state index contributed by atoms with van der Waals surface area (Å²) in [7, 11) is -2.48. The minimum Gasteiger partial charge on any atom is -0.495 e. The van der Waals surface area contributed by atoms with Gasteiger partial charge in [-0.15, -0.1) is 0 Å². The number of hydrogen-bond donors (Lipinski definition) is 2. The van der Waals surface area contributed by atoms with Gasteiger partial charge < -0.3 is 20.1 Å². The first-order valence-electron chi connectivity index (χ1n) is 10.7. The summed E-state index contributed by atoms with van der Waals surface area (Å²) in [4.78, 5) is 25.1. The van der Waals surface area contributed by atoms with E-state index in [-0.39, 0.29) is 23.1 Å². The number of anilines is 2. The Morgan fingerprint density at radius 3 is 2.73 bits per heavy atom. The first-order chi connectivity index (χ1) is 15.6. The van der Waals surface area contributed by atoms with Gasteiger partial charge in [0, 0.05) is 12.6 Å². The normalized spacial score (nSPS) is 20.5. The fraction of sp³-hybridized carbons (Fsp3) is 0.391. The van der Waals surface area contributed by atoms with Crippen LogP contribution < -0.4 is 20.1 Å². The maximum atomic E-state index is 13.6. The van der Waals surface area contributed by atoms with Crippen molar-refractivity contribution in [1.29, 1.82) is 0 Å². The fourth-order valence-corrected chi connectivity index (χ4v) is 6.05. The number of benzene rings is 2. The van der Waals surface area contributed by atoms with Crippen molar-refractivity contribution in [3.8, 4) is 11.5 Å². The molecule has 0 saturated carbocycles. The van der Waals surface area contributed by atoms with Crippen molar-refractivity contribution in [1.82, 2.24) is 4.31 Å². The molecule has 0 bridgehead atoms. The average molecular weight is 474 g/mol. The summed E-state index contributed by atoms with van der Waals surface area (Å²) < 4.78 is 39.4. The molecule has 4 rings (SSSR count). The summed E-state index contributed by atoms with van der Waals surface area (Å²) in [5, 5.41) is 5.55. The monoisotopic (exact) mass is 473 g/mol. The molecule has 1 saturated heterocycles. The molecule has 2 heterocycles. The molecule has 2 aromatic carbocycles. The first-order valence-corrected chi connectivity index (χ1v) is 12.2. The molecule has 1 fully saturated rings. The summed E-state index contributed by atoms with van der Waals surface area (Å²) in [6, 6.07) is 7.55. The van der Waals surface area contributed by atoms with Gasteiger partial charge in [-0.2, -0.15) is 4.31 Å². The van der Waals surface area contributed by atoms with E-state index in [9.17, 15) is 18.0 Å². The zero-order valence-electron chi connectivity index (χ0n) is 19.0. The van der Waals surface area contributed by atoms with E-state index in [4.69, 9.17) is 9.47 Å². The standard InChI is InChI=1S/C23H27N3O6S/c1-13-7-8-19(31-4)16(10-13)25-23(28)18-6-5-9-26(18)33(29,30)21-12-20-17(11-14(21)2)24-22(27)15(3)32-20/h7-8,10-12,15,18H,5-6,9H2,1-4H3,(H,24,27)(H,25,28)/t15-,18+/m0/s1. The quantitative estimate of drug-likeness (QED) is 0.690. The predicted octanol–water partition coefficient (Wildman–Crippen LogP) is 2.82. The molecule has 10 heteroatoms. The third-order valence-corrected chi connectivity index (χ3v) is 7.96. The Morgan fingerprint density at radius 2 is 2.00 bits per heavy atom. The van der Waals surface area contributed by atoms with Crippen LogP contribution in [-0.4, -0.2) is 50.3 Å². The maximum absolute atomic E-state index is 13.6. The second-order valence-corrected chi connectivity index (χ2v) is 10.2. The molecule has 9 nitrogen and oxygen atoms in total. The van der Waals surface area contributed by atoms with Crippen molar-refractivity contribution in [2.45, 2.75) is 50.7 Å². The molecule has 2 aromatic rings. The number of nitrogens with zero attached hydrogens (tertiary/aromatic N) is 1. The summed E-state index contributed by atoms with van der Waals surface area (Å²) in [6.45, 7) is 5.37. The summed E-state index contributed by atoms with van der Waals surface area (Å²) in [6.07, 6.45) is 0.244.